The first-order valence-corrected chi connectivity index (χ1v) is 11.2. The van der Waals surface area contributed by atoms with Gasteiger partial charge in [-0.1, -0.05) is 0 Å². The molecule has 11 nitrogen and oxygen atoms in total. The molecule has 0 aromatic heterocycles. The maximum absolute atomic E-state index is 11.1. The Morgan fingerprint density at radius 2 is 0.735 bits per heavy atom. The number of rotatable bonds is 18. The van der Waals surface area contributed by atoms with Crippen LogP contribution in [0.1, 0.15) is 41.5 Å². The van der Waals surface area contributed by atoms with Crippen molar-refractivity contribution in [2.45, 2.75) is 52.6 Å². The molecule has 0 aromatic rings. The fraction of sp³-hybridized carbons (Fsp3) is 0.909. The van der Waals surface area contributed by atoms with Crippen LogP contribution >= 0.6 is 0 Å². The van der Waals surface area contributed by atoms with Gasteiger partial charge in [0, 0.05) is 24.2 Å². The number of carbonyl (C=O) groups excluding carboxylic acids is 2. The molecule has 0 bridgehead atoms. The number of hydrogen-bond donors (Lipinski definition) is 0. The molecular formula is C22H42BaN2O9. The number of nitrogens with zero attached hydrogens (tertiary/aromatic N) is 2. The molecule has 0 unspecified atom stereocenters. The molecule has 0 aromatic carbocycles. The van der Waals surface area contributed by atoms with E-state index in [-0.39, 0.29) is 75.2 Å². The Bertz CT molecular complexity index is 493. The van der Waals surface area contributed by atoms with Crippen LogP contribution in [-0.4, -0.2) is 161 Å². The Balaban J connectivity index is 0. The SMILES string of the molecule is CC(C)(C)N(CCOCCOCCOCCOCCOCCN(C(=O)[O-])C(C)(C)C)C(=O)[O-].[Ba+2]. The molecule has 34 heavy (non-hydrogen) atoms. The summed E-state index contributed by atoms with van der Waals surface area (Å²) in [7, 11) is 0. The molecule has 0 N–H and O–H groups in total. The second kappa shape index (κ2) is 20.0. The number of carboxylic acid groups (broad SMARTS) is 2. The van der Waals surface area contributed by atoms with Gasteiger partial charge in [0.2, 0.25) is 0 Å². The van der Waals surface area contributed by atoms with E-state index in [0.717, 1.165) is 0 Å². The Morgan fingerprint density at radius 3 is 0.912 bits per heavy atom. The zero-order chi connectivity index (χ0) is 25.3. The number of amides is 2. The average molecular weight is 616 g/mol. The van der Waals surface area contributed by atoms with Gasteiger partial charge in [-0.25, -0.2) is 0 Å². The number of ether oxygens (including phenoxy) is 5. The Hall–Kier alpha value is -0.0886. The van der Waals surface area contributed by atoms with E-state index in [1.165, 1.54) is 9.80 Å². The molecule has 0 fully saturated rings. The van der Waals surface area contributed by atoms with E-state index in [2.05, 4.69) is 0 Å². The molecule has 0 heterocycles. The maximum Gasteiger partial charge on any atom is 2.00 e. The van der Waals surface area contributed by atoms with Gasteiger partial charge in [-0.3, -0.25) is 0 Å². The van der Waals surface area contributed by atoms with Gasteiger partial charge in [0.05, 0.1) is 66.1 Å². The van der Waals surface area contributed by atoms with E-state index >= 15 is 0 Å². The van der Waals surface area contributed by atoms with E-state index in [4.69, 9.17) is 23.7 Å². The zero-order valence-corrected chi connectivity index (χ0v) is 26.2. The summed E-state index contributed by atoms with van der Waals surface area (Å²) < 4.78 is 26.9. The van der Waals surface area contributed by atoms with Crippen molar-refractivity contribution in [2.75, 3.05) is 79.2 Å². The first-order chi connectivity index (χ1) is 15.4. The van der Waals surface area contributed by atoms with Crippen molar-refractivity contribution in [3.63, 3.8) is 0 Å². The normalized spacial score (nSPS) is 11.7. The summed E-state index contributed by atoms with van der Waals surface area (Å²) in [5.74, 6) is 0. The Morgan fingerprint density at radius 1 is 0.529 bits per heavy atom. The van der Waals surface area contributed by atoms with Crippen LogP contribution in [0.4, 0.5) is 9.59 Å². The summed E-state index contributed by atoms with van der Waals surface area (Å²) >= 11 is 0. The molecule has 0 saturated carbocycles. The van der Waals surface area contributed by atoms with Gasteiger partial charge in [-0.05, 0) is 41.5 Å². The molecule has 0 atom stereocenters. The molecule has 196 valence electrons. The molecule has 0 aliphatic heterocycles. The predicted molar refractivity (Wildman–Crippen MR) is 124 cm³/mol. The molecule has 0 spiro atoms. The third-order valence-corrected chi connectivity index (χ3v) is 4.47. The summed E-state index contributed by atoms with van der Waals surface area (Å²) in [5, 5.41) is 22.2. The number of carbonyl (C=O) groups is 2. The van der Waals surface area contributed by atoms with E-state index in [0.29, 0.717) is 52.9 Å². The van der Waals surface area contributed by atoms with Crippen LogP contribution in [0.15, 0.2) is 0 Å². The molecule has 0 aliphatic rings. The Kier molecular flexibility index (Phi) is 21.2. The van der Waals surface area contributed by atoms with Crippen molar-refractivity contribution in [1.29, 1.82) is 0 Å². The van der Waals surface area contributed by atoms with Gasteiger partial charge in [0.1, 0.15) is 12.2 Å². The van der Waals surface area contributed by atoms with Crippen molar-refractivity contribution in [3.05, 3.63) is 0 Å². The molecule has 0 aliphatic carbocycles. The average Bonchev–Trinajstić information content (AvgIpc) is 2.67. The molecular weight excluding hydrogens is 574 g/mol. The summed E-state index contributed by atoms with van der Waals surface area (Å²) in [6.45, 7) is 15.0. The minimum Gasteiger partial charge on any atom is -0.530 e. The van der Waals surface area contributed by atoms with Crippen molar-refractivity contribution < 1.29 is 43.5 Å². The van der Waals surface area contributed by atoms with Gasteiger partial charge in [-0.15, -0.1) is 0 Å². The molecule has 2 amide bonds. The molecule has 0 saturated heterocycles. The quantitative estimate of drug-likeness (QED) is 0.149. The van der Waals surface area contributed by atoms with Crippen LogP contribution in [0.2, 0.25) is 0 Å². The standard InChI is InChI=1S/C22H44N2O9.Ba/c1-21(2,3)23(19(25)26)7-9-29-11-13-31-15-17-33-18-16-32-14-12-30-10-8-24(20(27)28)22(4,5)6;/h7-18H2,1-6H3,(H,25,26)(H,27,28);/q;+2/p-2. The fourth-order valence-electron chi connectivity index (χ4n) is 2.69. The summed E-state index contributed by atoms with van der Waals surface area (Å²) in [6.07, 6.45) is -2.42. The van der Waals surface area contributed by atoms with Crippen LogP contribution in [0.25, 0.3) is 0 Å². The van der Waals surface area contributed by atoms with Gasteiger partial charge in [0.15, 0.2) is 0 Å². The van der Waals surface area contributed by atoms with E-state index in [1.54, 1.807) is 41.5 Å². The topological polar surface area (TPSA) is 133 Å². The minimum absolute atomic E-state index is 0. The van der Waals surface area contributed by atoms with Crippen LogP contribution in [-0.2, 0) is 23.7 Å². The van der Waals surface area contributed by atoms with Crippen LogP contribution < -0.4 is 10.2 Å². The minimum atomic E-state index is -1.21. The van der Waals surface area contributed by atoms with Crippen LogP contribution in [0, 0.1) is 0 Å². The second-order valence-corrected chi connectivity index (χ2v) is 9.24. The molecule has 0 radical (unpaired) electrons. The van der Waals surface area contributed by atoms with Crippen molar-refractivity contribution in [2.24, 2.45) is 0 Å². The second-order valence-electron chi connectivity index (χ2n) is 9.24. The first kappa shape index (κ1) is 36.1. The number of hydrogen-bond acceptors (Lipinski definition) is 9. The van der Waals surface area contributed by atoms with Gasteiger partial charge in [-0.2, -0.15) is 0 Å². The fourth-order valence-corrected chi connectivity index (χ4v) is 2.69. The van der Waals surface area contributed by atoms with Gasteiger partial charge in [0.25, 0.3) is 0 Å². The van der Waals surface area contributed by atoms with Gasteiger partial charge >= 0.3 is 48.9 Å². The Labute approximate surface area is 244 Å². The summed E-state index contributed by atoms with van der Waals surface area (Å²) in [4.78, 5) is 24.6. The first-order valence-electron chi connectivity index (χ1n) is 11.2. The van der Waals surface area contributed by atoms with Crippen molar-refractivity contribution in [1.82, 2.24) is 9.80 Å². The van der Waals surface area contributed by atoms with Crippen LogP contribution in [0.5, 0.6) is 0 Å². The van der Waals surface area contributed by atoms with Gasteiger partial charge < -0.3 is 53.3 Å². The predicted octanol–water partition coefficient (Wildman–Crippen LogP) is -0.424. The van der Waals surface area contributed by atoms with Crippen LogP contribution in [0.3, 0.4) is 0 Å². The molecule has 0 rings (SSSR count). The van der Waals surface area contributed by atoms with E-state index in [1.807, 2.05) is 0 Å². The maximum atomic E-state index is 11.1. The van der Waals surface area contributed by atoms with Crippen molar-refractivity contribution >= 4 is 61.1 Å². The summed E-state index contributed by atoms with van der Waals surface area (Å²) in [6, 6.07) is 0. The third kappa shape index (κ3) is 19.1. The third-order valence-electron chi connectivity index (χ3n) is 4.47. The largest absolute Gasteiger partial charge is 2.00 e. The smallest absolute Gasteiger partial charge is 0.530 e. The molecule has 12 heteroatoms. The summed E-state index contributed by atoms with van der Waals surface area (Å²) in [5.41, 5.74) is -1.05. The van der Waals surface area contributed by atoms with E-state index < -0.39 is 23.3 Å². The monoisotopic (exact) mass is 616 g/mol. The van der Waals surface area contributed by atoms with Crippen molar-refractivity contribution in [3.8, 4) is 0 Å². The van der Waals surface area contributed by atoms with E-state index in [9.17, 15) is 19.8 Å². The zero-order valence-electron chi connectivity index (χ0n) is 21.8.